The maximum absolute atomic E-state index is 5.91. The summed E-state index contributed by atoms with van der Waals surface area (Å²) in [7, 11) is 0. The number of hydrogen-bond acceptors (Lipinski definition) is 2. The van der Waals surface area contributed by atoms with Crippen molar-refractivity contribution >= 4 is 29.4 Å². The predicted octanol–water partition coefficient (Wildman–Crippen LogP) is 4.12. The Morgan fingerprint density at radius 1 is 1.00 bits per heavy atom. The van der Waals surface area contributed by atoms with Gasteiger partial charge in [-0.15, -0.1) is 0 Å². The molecule has 0 spiro atoms. The third kappa shape index (κ3) is 3.76. The Bertz CT molecular complexity index is 539. The van der Waals surface area contributed by atoms with Gasteiger partial charge in [0.1, 0.15) is 0 Å². The van der Waals surface area contributed by atoms with Crippen molar-refractivity contribution in [3.05, 3.63) is 69.7 Å². The molecule has 2 aromatic carbocycles. The molecule has 0 aliphatic rings. The fraction of sp³-hybridized carbons (Fsp3) is 0.0714. The van der Waals surface area contributed by atoms with Crippen molar-refractivity contribution in [1.29, 1.82) is 0 Å². The van der Waals surface area contributed by atoms with Crippen LogP contribution in [0.5, 0.6) is 0 Å². The lowest BCUT2D eigenvalue weighted by atomic mass is 10.2. The number of nitrogens with one attached hydrogen (secondary N) is 1. The molecule has 0 aliphatic heterocycles. The van der Waals surface area contributed by atoms with E-state index in [4.69, 9.17) is 23.2 Å². The highest BCUT2D eigenvalue weighted by atomic mass is 35.5. The minimum Gasteiger partial charge on any atom is -0.306 e. The largest absolute Gasteiger partial charge is 0.306 e. The Balaban J connectivity index is 1.90. The van der Waals surface area contributed by atoms with E-state index in [1.54, 1.807) is 18.3 Å². The Morgan fingerprint density at radius 2 is 1.78 bits per heavy atom. The zero-order chi connectivity index (χ0) is 12.8. The zero-order valence-electron chi connectivity index (χ0n) is 9.61. The first kappa shape index (κ1) is 12.9. The van der Waals surface area contributed by atoms with Crippen LogP contribution in [0.25, 0.3) is 0 Å². The van der Waals surface area contributed by atoms with Crippen LogP contribution in [-0.2, 0) is 6.54 Å². The summed E-state index contributed by atoms with van der Waals surface area (Å²) in [5.41, 5.74) is 5.07. The molecular formula is C14H12Cl2N2. The van der Waals surface area contributed by atoms with Crippen LogP contribution in [-0.4, -0.2) is 6.21 Å². The van der Waals surface area contributed by atoms with Gasteiger partial charge in [0, 0.05) is 0 Å². The number of hydrazone groups is 1. The molecule has 1 N–H and O–H groups in total. The first-order valence-electron chi connectivity index (χ1n) is 5.50. The summed E-state index contributed by atoms with van der Waals surface area (Å²) in [6.45, 7) is 0.693. The van der Waals surface area contributed by atoms with Gasteiger partial charge in [-0.25, -0.2) is 0 Å². The molecule has 18 heavy (non-hydrogen) atoms. The van der Waals surface area contributed by atoms with Crippen molar-refractivity contribution in [1.82, 2.24) is 5.43 Å². The highest BCUT2D eigenvalue weighted by Crippen LogP contribution is 2.21. The van der Waals surface area contributed by atoms with Gasteiger partial charge >= 0.3 is 0 Å². The van der Waals surface area contributed by atoms with Crippen LogP contribution in [0.1, 0.15) is 11.1 Å². The number of hydrogen-bond donors (Lipinski definition) is 1. The molecule has 0 radical (unpaired) electrons. The molecule has 0 heterocycles. The highest BCUT2D eigenvalue weighted by molar-refractivity contribution is 6.42. The van der Waals surface area contributed by atoms with Crippen LogP contribution in [0.2, 0.25) is 10.0 Å². The second-order valence-corrected chi connectivity index (χ2v) is 4.57. The maximum atomic E-state index is 5.91. The summed E-state index contributed by atoms with van der Waals surface area (Å²) < 4.78 is 0. The monoisotopic (exact) mass is 278 g/mol. The van der Waals surface area contributed by atoms with E-state index >= 15 is 0 Å². The lowest BCUT2D eigenvalue weighted by molar-refractivity contribution is 0.748. The second kappa shape index (κ2) is 6.43. The molecule has 2 rings (SSSR count). The van der Waals surface area contributed by atoms with Gasteiger partial charge < -0.3 is 5.43 Å². The van der Waals surface area contributed by atoms with Crippen LogP contribution in [0.15, 0.2) is 53.6 Å². The van der Waals surface area contributed by atoms with Crippen molar-refractivity contribution in [2.75, 3.05) is 0 Å². The van der Waals surface area contributed by atoms with Gasteiger partial charge in [0.2, 0.25) is 0 Å². The van der Waals surface area contributed by atoms with Gasteiger partial charge in [-0.1, -0.05) is 59.6 Å². The molecule has 0 aliphatic carbocycles. The van der Waals surface area contributed by atoms with Crippen molar-refractivity contribution in [2.24, 2.45) is 5.10 Å². The second-order valence-electron chi connectivity index (χ2n) is 3.75. The fourth-order valence-corrected chi connectivity index (χ4v) is 1.75. The summed E-state index contributed by atoms with van der Waals surface area (Å²) >= 11 is 11.7. The Kier molecular flexibility index (Phi) is 4.62. The highest BCUT2D eigenvalue weighted by Gasteiger charge is 1.96. The van der Waals surface area contributed by atoms with Crippen LogP contribution in [0.4, 0.5) is 0 Å². The number of nitrogens with zero attached hydrogens (tertiary/aromatic N) is 1. The number of rotatable bonds is 4. The SMILES string of the molecule is Clc1ccc(C=NNCc2ccccc2)cc1Cl. The number of benzene rings is 2. The van der Waals surface area contributed by atoms with E-state index in [-0.39, 0.29) is 0 Å². The van der Waals surface area contributed by atoms with E-state index < -0.39 is 0 Å². The summed E-state index contributed by atoms with van der Waals surface area (Å²) in [5, 5.41) is 5.21. The minimum absolute atomic E-state index is 0.531. The maximum Gasteiger partial charge on any atom is 0.0598 e. The average molecular weight is 279 g/mol. The summed E-state index contributed by atoms with van der Waals surface area (Å²) in [5.74, 6) is 0. The van der Waals surface area contributed by atoms with Gasteiger partial charge in [-0.2, -0.15) is 5.10 Å². The van der Waals surface area contributed by atoms with E-state index in [1.807, 2.05) is 36.4 Å². The van der Waals surface area contributed by atoms with Gasteiger partial charge in [-0.05, 0) is 23.3 Å². The molecule has 0 saturated carbocycles. The first-order chi connectivity index (χ1) is 8.75. The standard InChI is InChI=1S/C14H12Cl2N2/c15-13-7-6-12(8-14(13)16)10-18-17-9-11-4-2-1-3-5-11/h1-8,10,17H,9H2. The summed E-state index contributed by atoms with van der Waals surface area (Å²) in [6, 6.07) is 15.5. The Morgan fingerprint density at radius 3 is 2.50 bits per heavy atom. The molecular weight excluding hydrogens is 267 g/mol. The van der Waals surface area contributed by atoms with Gasteiger partial charge in [0.05, 0.1) is 22.8 Å². The third-order valence-electron chi connectivity index (χ3n) is 2.37. The molecule has 0 unspecified atom stereocenters. The third-order valence-corrected chi connectivity index (χ3v) is 3.11. The molecule has 92 valence electrons. The quantitative estimate of drug-likeness (QED) is 0.660. The van der Waals surface area contributed by atoms with Crippen LogP contribution < -0.4 is 5.43 Å². The molecule has 0 fully saturated rings. The molecule has 0 bridgehead atoms. The molecule has 2 nitrogen and oxygen atoms in total. The molecule has 0 aromatic heterocycles. The Hall–Kier alpha value is -1.51. The molecule has 0 amide bonds. The number of halogens is 2. The molecule has 4 heteroatoms. The van der Waals surface area contributed by atoms with E-state index in [0.717, 1.165) is 5.56 Å². The van der Waals surface area contributed by atoms with E-state index in [1.165, 1.54) is 5.56 Å². The Labute approximate surface area is 116 Å². The van der Waals surface area contributed by atoms with Crippen molar-refractivity contribution in [3.63, 3.8) is 0 Å². The predicted molar refractivity (Wildman–Crippen MR) is 77.3 cm³/mol. The van der Waals surface area contributed by atoms with Crippen LogP contribution in [0, 0.1) is 0 Å². The minimum atomic E-state index is 0.531. The average Bonchev–Trinajstić information content (AvgIpc) is 2.40. The molecule has 0 saturated heterocycles. The summed E-state index contributed by atoms with van der Waals surface area (Å²) in [6.07, 6.45) is 1.71. The van der Waals surface area contributed by atoms with Crippen molar-refractivity contribution < 1.29 is 0 Å². The van der Waals surface area contributed by atoms with Gasteiger partial charge in [0.15, 0.2) is 0 Å². The van der Waals surface area contributed by atoms with Crippen molar-refractivity contribution in [2.45, 2.75) is 6.54 Å². The lowest BCUT2D eigenvalue weighted by Gasteiger charge is -2.00. The van der Waals surface area contributed by atoms with E-state index in [0.29, 0.717) is 16.6 Å². The normalized spacial score (nSPS) is 10.8. The van der Waals surface area contributed by atoms with Gasteiger partial charge in [0.25, 0.3) is 0 Å². The summed E-state index contributed by atoms with van der Waals surface area (Å²) in [4.78, 5) is 0. The molecule has 0 atom stereocenters. The topological polar surface area (TPSA) is 24.4 Å². The van der Waals surface area contributed by atoms with Gasteiger partial charge in [-0.3, -0.25) is 0 Å². The zero-order valence-corrected chi connectivity index (χ0v) is 11.1. The van der Waals surface area contributed by atoms with Crippen LogP contribution >= 0.6 is 23.2 Å². The van der Waals surface area contributed by atoms with Crippen molar-refractivity contribution in [3.8, 4) is 0 Å². The molecule has 2 aromatic rings. The van der Waals surface area contributed by atoms with Crippen LogP contribution in [0.3, 0.4) is 0 Å². The smallest absolute Gasteiger partial charge is 0.0598 e. The van der Waals surface area contributed by atoms with E-state index in [9.17, 15) is 0 Å². The first-order valence-corrected chi connectivity index (χ1v) is 6.26. The fourth-order valence-electron chi connectivity index (χ4n) is 1.45. The lowest BCUT2D eigenvalue weighted by Crippen LogP contribution is -2.05. The van der Waals surface area contributed by atoms with E-state index in [2.05, 4.69) is 10.5 Å².